The van der Waals surface area contributed by atoms with Crippen LogP contribution in [0, 0.1) is 10.1 Å². The highest BCUT2D eigenvalue weighted by Crippen LogP contribution is 2.28. The van der Waals surface area contributed by atoms with Crippen molar-refractivity contribution in [2.45, 2.75) is 18.1 Å². The lowest BCUT2D eigenvalue weighted by atomic mass is 10.2. The summed E-state index contributed by atoms with van der Waals surface area (Å²) in [6.07, 6.45) is 2.48. The molecule has 0 unspecified atom stereocenters. The maximum absolute atomic E-state index is 12.2. The number of hydrogen-bond donors (Lipinski definition) is 1. The Labute approximate surface area is 167 Å². The van der Waals surface area contributed by atoms with E-state index in [0.717, 1.165) is 6.42 Å². The zero-order valence-electron chi connectivity index (χ0n) is 13.9. The van der Waals surface area contributed by atoms with Gasteiger partial charge < -0.3 is 9.88 Å². The standard InChI is InChI=1S/C16H14ClN5O3S2/c17-11-3-4-13(14(8-11)22(24)25)19-15(23)9-27-16-20-18-10-21(16)6-5-12-2-1-7-26-12/h1-4,7-8,10H,5-6,9H2,(H,19,23). The number of carbonyl (C=O) groups is 1. The van der Waals surface area contributed by atoms with Gasteiger partial charge in [0, 0.05) is 22.5 Å². The zero-order valence-corrected chi connectivity index (χ0v) is 16.3. The summed E-state index contributed by atoms with van der Waals surface area (Å²) in [4.78, 5) is 23.9. The van der Waals surface area contributed by atoms with E-state index in [0.29, 0.717) is 11.7 Å². The van der Waals surface area contributed by atoms with Crippen LogP contribution in [0.15, 0.2) is 47.2 Å². The number of anilines is 1. The number of halogens is 1. The zero-order chi connectivity index (χ0) is 19.2. The van der Waals surface area contributed by atoms with Crippen molar-refractivity contribution in [3.63, 3.8) is 0 Å². The number of thiophene rings is 1. The summed E-state index contributed by atoms with van der Waals surface area (Å²) >= 11 is 8.68. The van der Waals surface area contributed by atoms with E-state index in [1.165, 1.54) is 34.8 Å². The van der Waals surface area contributed by atoms with E-state index >= 15 is 0 Å². The highest BCUT2D eigenvalue weighted by Gasteiger charge is 2.17. The number of thioether (sulfide) groups is 1. The summed E-state index contributed by atoms with van der Waals surface area (Å²) in [5.74, 6) is -0.324. The van der Waals surface area contributed by atoms with Gasteiger partial charge in [-0.25, -0.2) is 0 Å². The van der Waals surface area contributed by atoms with Crippen LogP contribution < -0.4 is 5.32 Å². The van der Waals surface area contributed by atoms with Crippen molar-refractivity contribution >= 4 is 52.0 Å². The topological polar surface area (TPSA) is 103 Å². The predicted molar refractivity (Wildman–Crippen MR) is 106 cm³/mol. The van der Waals surface area contributed by atoms with E-state index in [-0.39, 0.29) is 28.1 Å². The van der Waals surface area contributed by atoms with Crippen LogP contribution in [0.4, 0.5) is 11.4 Å². The highest BCUT2D eigenvalue weighted by atomic mass is 35.5. The smallest absolute Gasteiger partial charge is 0.294 e. The molecule has 0 aliphatic carbocycles. The first-order valence-electron chi connectivity index (χ1n) is 7.79. The second kappa shape index (κ2) is 8.98. The molecule has 0 bridgehead atoms. The first kappa shape index (κ1) is 19.3. The molecule has 0 fully saturated rings. The van der Waals surface area contributed by atoms with Crippen molar-refractivity contribution < 1.29 is 9.72 Å². The SMILES string of the molecule is O=C(CSc1nncn1CCc1cccs1)Nc1ccc(Cl)cc1[N+](=O)[O-]. The van der Waals surface area contributed by atoms with Gasteiger partial charge in [0.2, 0.25) is 5.91 Å². The Kier molecular flexibility index (Phi) is 6.43. The van der Waals surface area contributed by atoms with Gasteiger partial charge in [-0.2, -0.15) is 0 Å². The van der Waals surface area contributed by atoms with Gasteiger partial charge in [0.1, 0.15) is 12.0 Å². The number of carbonyl (C=O) groups excluding carboxylic acids is 1. The van der Waals surface area contributed by atoms with Gasteiger partial charge in [-0.1, -0.05) is 29.4 Å². The van der Waals surface area contributed by atoms with Gasteiger partial charge in [0.15, 0.2) is 5.16 Å². The monoisotopic (exact) mass is 423 g/mol. The molecule has 0 saturated carbocycles. The van der Waals surface area contributed by atoms with Crippen LogP contribution in [0.3, 0.4) is 0 Å². The summed E-state index contributed by atoms with van der Waals surface area (Å²) in [7, 11) is 0. The van der Waals surface area contributed by atoms with E-state index in [2.05, 4.69) is 21.6 Å². The lowest BCUT2D eigenvalue weighted by Crippen LogP contribution is -2.15. The third-order valence-corrected chi connectivity index (χ3v) is 5.67. The van der Waals surface area contributed by atoms with Crippen LogP contribution in [0.2, 0.25) is 5.02 Å². The summed E-state index contributed by atoms with van der Waals surface area (Å²) < 4.78 is 1.88. The third-order valence-electron chi connectivity index (χ3n) is 3.52. The first-order chi connectivity index (χ1) is 13.0. The van der Waals surface area contributed by atoms with Crippen LogP contribution in [-0.2, 0) is 17.8 Å². The molecular formula is C16H14ClN5O3S2. The molecule has 1 aromatic carbocycles. The van der Waals surface area contributed by atoms with Gasteiger partial charge >= 0.3 is 0 Å². The second-order valence-electron chi connectivity index (χ2n) is 5.39. The molecule has 27 heavy (non-hydrogen) atoms. The largest absolute Gasteiger partial charge is 0.320 e. The number of nitro groups is 1. The van der Waals surface area contributed by atoms with Crippen molar-refractivity contribution in [2.24, 2.45) is 0 Å². The molecule has 0 radical (unpaired) electrons. The van der Waals surface area contributed by atoms with Gasteiger partial charge in [-0.05, 0) is 30.0 Å². The Balaban J connectivity index is 1.57. The van der Waals surface area contributed by atoms with Crippen LogP contribution in [0.25, 0.3) is 0 Å². The van der Waals surface area contributed by atoms with Gasteiger partial charge in [-0.3, -0.25) is 14.9 Å². The van der Waals surface area contributed by atoms with Crippen molar-refractivity contribution in [1.82, 2.24) is 14.8 Å². The minimum absolute atomic E-state index is 0.0531. The molecule has 0 aliphatic rings. The molecule has 1 N–H and O–H groups in total. The van der Waals surface area contributed by atoms with E-state index in [1.807, 2.05) is 16.0 Å². The van der Waals surface area contributed by atoms with E-state index in [1.54, 1.807) is 17.7 Å². The maximum Gasteiger partial charge on any atom is 0.294 e. The van der Waals surface area contributed by atoms with Crippen LogP contribution in [0.1, 0.15) is 4.88 Å². The van der Waals surface area contributed by atoms with Crippen molar-refractivity contribution in [2.75, 3.05) is 11.1 Å². The predicted octanol–water partition coefficient (Wildman–Crippen LogP) is 3.87. The first-order valence-corrected chi connectivity index (χ1v) is 10.0. The number of nitro benzene ring substituents is 1. The van der Waals surface area contributed by atoms with Crippen molar-refractivity contribution in [3.05, 3.63) is 62.1 Å². The molecule has 2 heterocycles. The molecule has 140 valence electrons. The Morgan fingerprint density at radius 3 is 3.00 bits per heavy atom. The Morgan fingerprint density at radius 1 is 1.41 bits per heavy atom. The van der Waals surface area contributed by atoms with Crippen molar-refractivity contribution in [1.29, 1.82) is 0 Å². The maximum atomic E-state index is 12.2. The minimum atomic E-state index is -0.587. The van der Waals surface area contributed by atoms with Gasteiger partial charge in [0.05, 0.1) is 10.7 Å². The molecule has 0 saturated heterocycles. The molecule has 3 rings (SSSR count). The van der Waals surface area contributed by atoms with E-state index in [4.69, 9.17) is 11.6 Å². The highest BCUT2D eigenvalue weighted by molar-refractivity contribution is 7.99. The van der Waals surface area contributed by atoms with Gasteiger partial charge in [-0.15, -0.1) is 21.5 Å². The Bertz CT molecular complexity index is 945. The van der Waals surface area contributed by atoms with Crippen LogP contribution >= 0.6 is 34.7 Å². The fraction of sp³-hybridized carbons (Fsp3) is 0.188. The quantitative estimate of drug-likeness (QED) is 0.335. The molecule has 3 aromatic rings. The van der Waals surface area contributed by atoms with Crippen LogP contribution in [-0.4, -0.2) is 31.3 Å². The average molecular weight is 424 g/mol. The van der Waals surface area contributed by atoms with Crippen molar-refractivity contribution in [3.8, 4) is 0 Å². The molecule has 8 nitrogen and oxygen atoms in total. The molecular weight excluding hydrogens is 410 g/mol. The molecule has 0 atom stereocenters. The van der Waals surface area contributed by atoms with Gasteiger partial charge in [0.25, 0.3) is 5.69 Å². The average Bonchev–Trinajstić information content (AvgIpc) is 3.31. The number of hydrogen-bond acceptors (Lipinski definition) is 7. The lowest BCUT2D eigenvalue weighted by Gasteiger charge is -2.07. The van der Waals surface area contributed by atoms with E-state index < -0.39 is 4.92 Å². The number of nitrogens with zero attached hydrogens (tertiary/aromatic N) is 4. The number of amides is 1. The summed E-state index contributed by atoms with van der Waals surface area (Å²) in [5.41, 5.74) is -0.144. The lowest BCUT2D eigenvalue weighted by molar-refractivity contribution is -0.383. The number of rotatable bonds is 8. The fourth-order valence-electron chi connectivity index (χ4n) is 2.27. The molecule has 11 heteroatoms. The minimum Gasteiger partial charge on any atom is -0.320 e. The van der Waals surface area contributed by atoms with Crippen LogP contribution in [0.5, 0.6) is 0 Å². The number of aromatic nitrogens is 3. The number of nitrogens with one attached hydrogen (secondary N) is 1. The Morgan fingerprint density at radius 2 is 2.26 bits per heavy atom. The molecule has 0 aliphatic heterocycles. The summed E-state index contributed by atoms with van der Waals surface area (Å²) in [6, 6.07) is 8.16. The molecule has 0 spiro atoms. The normalized spacial score (nSPS) is 10.7. The summed E-state index contributed by atoms with van der Waals surface area (Å²) in [5, 5.41) is 24.4. The Hall–Kier alpha value is -2.43. The number of benzene rings is 1. The third kappa shape index (κ3) is 5.28. The van der Waals surface area contributed by atoms with E-state index in [9.17, 15) is 14.9 Å². The molecule has 1 amide bonds. The fourth-order valence-corrected chi connectivity index (χ4v) is 3.88. The summed E-state index contributed by atoms with van der Waals surface area (Å²) in [6.45, 7) is 0.708. The molecule has 2 aromatic heterocycles. The number of aryl methyl sites for hydroxylation is 2. The second-order valence-corrected chi connectivity index (χ2v) is 7.80.